The standard InChI is InChI=1S/C23H18BrClN2O4/c1-15-4-2-5-16(10-15)23(29)31-21-9-8-18(24)11-17(21)13-26-27-22(28)14-30-20-7-3-6-19(25)12-20/h2-13H,14H2,1H3,(H,27,28)/b26-13-. The first-order valence-electron chi connectivity index (χ1n) is 9.19. The van der Waals surface area contributed by atoms with E-state index in [9.17, 15) is 9.59 Å². The molecule has 8 heteroatoms. The maximum atomic E-state index is 12.5. The first kappa shape index (κ1) is 22.5. The molecule has 0 unspecified atom stereocenters. The molecular formula is C23H18BrClN2O4. The summed E-state index contributed by atoms with van der Waals surface area (Å²) in [6.07, 6.45) is 1.39. The molecule has 0 fully saturated rings. The van der Waals surface area contributed by atoms with Crippen LogP contribution in [0.1, 0.15) is 21.5 Å². The van der Waals surface area contributed by atoms with Crippen LogP contribution in [-0.2, 0) is 4.79 Å². The molecule has 0 saturated carbocycles. The molecule has 0 heterocycles. The fraction of sp³-hybridized carbons (Fsp3) is 0.0870. The normalized spacial score (nSPS) is 10.7. The third-order valence-corrected chi connectivity index (χ3v) is 4.72. The Kier molecular flexibility index (Phi) is 7.81. The van der Waals surface area contributed by atoms with Crippen LogP contribution in [0.5, 0.6) is 11.5 Å². The van der Waals surface area contributed by atoms with Crippen LogP contribution in [0.25, 0.3) is 0 Å². The van der Waals surface area contributed by atoms with Crippen LogP contribution in [0.3, 0.4) is 0 Å². The predicted molar refractivity (Wildman–Crippen MR) is 123 cm³/mol. The monoisotopic (exact) mass is 500 g/mol. The molecule has 1 N–H and O–H groups in total. The van der Waals surface area contributed by atoms with Crippen LogP contribution in [0, 0.1) is 6.92 Å². The fourth-order valence-corrected chi connectivity index (χ4v) is 3.11. The summed E-state index contributed by atoms with van der Waals surface area (Å²) in [7, 11) is 0. The summed E-state index contributed by atoms with van der Waals surface area (Å²) in [6, 6.07) is 18.9. The Labute approximate surface area is 193 Å². The molecule has 0 radical (unpaired) electrons. The molecule has 3 aromatic carbocycles. The topological polar surface area (TPSA) is 77.0 Å². The number of carbonyl (C=O) groups excluding carboxylic acids is 2. The number of amides is 1. The number of nitrogens with zero attached hydrogens (tertiary/aromatic N) is 1. The first-order chi connectivity index (χ1) is 14.9. The van der Waals surface area contributed by atoms with Crippen LogP contribution in [0.4, 0.5) is 0 Å². The highest BCUT2D eigenvalue weighted by atomic mass is 79.9. The molecule has 0 bridgehead atoms. The summed E-state index contributed by atoms with van der Waals surface area (Å²) >= 11 is 9.25. The number of nitrogens with one attached hydrogen (secondary N) is 1. The maximum absolute atomic E-state index is 12.5. The van der Waals surface area contributed by atoms with E-state index in [0.29, 0.717) is 27.6 Å². The van der Waals surface area contributed by atoms with E-state index in [1.165, 1.54) is 6.21 Å². The summed E-state index contributed by atoms with van der Waals surface area (Å²) < 4.78 is 11.6. The highest BCUT2D eigenvalue weighted by Crippen LogP contribution is 2.23. The molecule has 0 aliphatic heterocycles. The van der Waals surface area contributed by atoms with Crippen molar-refractivity contribution in [2.75, 3.05) is 6.61 Å². The van der Waals surface area contributed by atoms with Gasteiger partial charge >= 0.3 is 5.97 Å². The average Bonchev–Trinajstić information content (AvgIpc) is 2.74. The summed E-state index contributed by atoms with van der Waals surface area (Å²) in [4.78, 5) is 24.4. The van der Waals surface area contributed by atoms with Crippen LogP contribution in [0.2, 0.25) is 5.02 Å². The number of aryl methyl sites for hydroxylation is 1. The molecule has 1 amide bonds. The van der Waals surface area contributed by atoms with Gasteiger partial charge in [-0.1, -0.05) is 51.3 Å². The van der Waals surface area contributed by atoms with E-state index < -0.39 is 11.9 Å². The van der Waals surface area contributed by atoms with E-state index >= 15 is 0 Å². The third-order valence-electron chi connectivity index (χ3n) is 3.99. The van der Waals surface area contributed by atoms with Crippen molar-refractivity contribution in [2.45, 2.75) is 6.92 Å². The second-order valence-corrected chi connectivity index (χ2v) is 7.83. The summed E-state index contributed by atoms with van der Waals surface area (Å²) in [5.41, 5.74) is 4.27. The Morgan fingerprint density at radius 1 is 1.10 bits per heavy atom. The van der Waals surface area contributed by atoms with Crippen LogP contribution >= 0.6 is 27.5 Å². The average molecular weight is 502 g/mol. The van der Waals surface area contributed by atoms with Gasteiger partial charge in [0.05, 0.1) is 11.8 Å². The van der Waals surface area contributed by atoms with E-state index in [4.69, 9.17) is 21.1 Å². The Morgan fingerprint density at radius 2 is 1.90 bits per heavy atom. The molecule has 0 aliphatic carbocycles. The zero-order chi connectivity index (χ0) is 22.2. The molecule has 3 rings (SSSR count). The molecular weight excluding hydrogens is 484 g/mol. The van der Waals surface area contributed by atoms with Gasteiger partial charge in [-0.3, -0.25) is 4.79 Å². The van der Waals surface area contributed by atoms with Gasteiger partial charge in [-0.2, -0.15) is 5.10 Å². The van der Waals surface area contributed by atoms with Crippen molar-refractivity contribution in [3.8, 4) is 11.5 Å². The highest BCUT2D eigenvalue weighted by molar-refractivity contribution is 9.10. The van der Waals surface area contributed by atoms with Crippen molar-refractivity contribution in [2.24, 2.45) is 5.10 Å². The van der Waals surface area contributed by atoms with E-state index in [0.717, 1.165) is 10.0 Å². The predicted octanol–water partition coefficient (Wildman–Crippen LogP) is 5.16. The molecule has 158 valence electrons. The van der Waals surface area contributed by atoms with Crippen molar-refractivity contribution in [1.82, 2.24) is 5.43 Å². The Balaban J connectivity index is 1.62. The Morgan fingerprint density at radius 3 is 2.68 bits per heavy atom. The lowest BCUT2D eigenvalue weighted by atomic mass is 10.1. The lowest BCUT2D eigenvalue weighted by Gasteiger charge is -2.09. The maximum Gasteiger partial charge on any atom is 0.343 e. The van der Waals surface area contributed by atoms with Gasteiger partial charge in [-0.15, -0.1) is 0 Å². The van der Waals surface area contributed by atoms with E-state index in [1.54, 1.807) is 60.7 Å². The minimum absolute atomic E-state index is 0.231. The number of hydrogen-bond donors (Lipinski definition) is 1. The van der Waals surface area contributed by atoms with E-state index in [2.05, 4.69) is 26.5 Å². The number of hydrazone groups is 1. The summed E-state index contributed by atoms with van der Waals surface area (Å²) in [5, 5.41) is 4.44. The smallest absolute Gasteiger partial charge is 0.343 e. The number of esters is 1. The minimum Gasteiger partial charge on any atom is -0.484 e. The molecule has 31 heavy (non-hydrogen) atoms. The summed E-state index contributed by atoms with van der Waals surface area (Å²) in [5.74, 6) is -0.156. The van der Waals surface area contributed by atoms with Crippen LogP contribution < -0.4 is 14.9 Å². The second-order valence-electron chi connectivity index (χ2n) is 6.48. The van der Waals surface area contributed by atoms with Gasteiger partial charge in [0.2, 0.25) is 0 Å². The Bertz CT molecular complexity index is 1130. The molecule has 0 aromatic heterocycles. The number of halogens is 2. The summed E-state index contributed by atoms with van der Waals surface area (Å²) in [6.45, 7) is 1.67. The molecule has 3 aromatic rings. The van der Waals surface area contributed by atoms with Crippen LogP contribution in [0.15, 0.2) is 76.3 Å². The van der Waals surface area contributed by atoms with Crippen molar-refractivity contribution in [3.05, 3.63) is 92.9 Å². The number of hydrogen-bond acceptors (Lipinski definition) is 5. The van der Waals surface area contributed by atoms with Gasteiger partial charge in [0.15, 0.2) is 6.61 Å². The SMILES string of the molecule is Cc1cccc(C(=O)Oc2ccc(Br)cc2/C=N\NC(=O)COc2cccc(Cl)c2)c1. The van der Waals surface area contributed by atoms with E-state index in [1.807, 2.05) is 13.0 Å². The van der Waals surface area contributed by atoms with Gasteiger partial charge in [0.1, 0.15) is 11.5 Å². The van der Waals surface area contributed by atoms with Gasteiger partial charge in [0, 0.05) is 15.1 Å². The van der Waals surface area contributed by atoms with Crippen molar-refractivity contribution >= 4 is 45.6 Å². The van der Waals surface area contributed by atoms with Gasteiger partial charge in [0.25, 0.3) is 5.91 Å². The second kappa shape index (κ2) is 10.7. The molecule has 0 spiro atoms. The van der Waals surface area contributed by atoms with Crippen LogP contribution in [-0.4, -0.2) is 24.7 Å². The largest absolute Gasteiger partial charge is 0.484 e. The van der Waals surface area contributed by atoms with Crippen molar-refractivity contribution in [3.63, 3.8) is 0 Å². The number of benzene rings is 3. The number of carbonyl (C=O) groups is 2. The quantitative estimate of drug-likeness (QED) is 0.210. The zero-order valence-corrected chi connectivity index (χ0v) is 18.8. The van der Waals surface area contributed by atoms with Crippen molar-refractivity contribution in [1.29, 1.82) is 0 Å². The minimum atomic E-state index is -0.486. The van der Waals surface area contributed by atoms with Crippen molar-refractivity contribution < 1.29 is 19.1 Å². The van der Waals surface area contributed by atoms with Gasteiger partial charge in [-0.05, 0) is 55.5 Å². The third kappa shape index (κ3) is 6.94. The molecule has 0 atom stereocenters. The van der Waals surface area contributed by atoms with Gasteiger partial charge < -0.3 is 9.47 Å². The Hall–Kier alpha value is -3.16. The first-order valence-corrected chi connectivity index (χ1v) is 10.4. The number of rotatable bonds is 7. The lowest BCUT2D eigenvalue weighted by Crippen LogP contribution is -2.24. The van der Waals surface area contributed by atoms with E-state index in [-0.39, 0.29) is 6.61 Å². The molecule has 0 aliphatic rings. The van der Waals surface area contributed by atoms with Gasteiger partial charge in [-0.25, -0.2) is 10.2 Å². The fourth-order valence-electron chi connectivity index (χ4n) is 2.56. The number of ether oxygens (including phenoxy) is 2. The molecule has 0 saturated heterocycles. The molecule has 6 nitrogen and oxygen atoms in total. The highest BCUT2D eigenvalue weighted by Gasteiger charge is 2.12. The lowest BCUT2D eigenvalue weighted by molar-refractivity contribution is -0.123. The zero-order valence-electron chi connectivity index (χ0n) is 16.5.